The number of ether oxygens (including phenoxy) is 2. The van der Waals surface area contributed by atoms with E-state index in [0.717, 1.165) is 32.6 Å². The minimum Gasteiger partial charge on any atom is -0.504 e. The van der Waals surface area contributed by atoms with Gasteiger partial charge in [0.25, 0.3) is 5.56 Å². The molecule has 0 spiro atoms. The molecule has 8 nitrogen and oxygen atoms in total. The van der Waals surface area contributed by atoms with Gasteiger partial charge in [-0.2, -0.15) is 0 Å². The van der Waals surface area contributed by atoms with E-state index in [1.165, 1.54) is 18.7 Å². The molecular weight excluding hydrogens is 446 g/mol. The summed E-state index contributed by atoms with van der Waals surface area (Å²) in [6, 6.07) is 13.1. The predicted molar refractivity (Wildman–Crippen MR) is 134 cm³/mol. The normalized spacial score (nSPS) is 16.9. The second kappa shape index (κ2) is 7.88. The number of phenols is 1. The van der Waals surface area contributed by atoms with Gasteiger partial charge in [-0.05, 0) is 44.0 Å². The van der Waals surface area contributed by atoms with Crippen LogP contribution in [0.15, 0.2) is 52.1 Å². The molecular formula is C27H29N3O5. The first kappa shape index (κ1) is 23.0. The minimum atomic E-state index is -0.586. The van der Waals surface area contributed by atoms with Crippen molar-refractivity contribution in [2.24, 2.45) is 14.1 Å². The van der Waals surface area contributed by atoms with Gasteiger partial charge in [-0.25, -0.2) is 4.79 Å². The van der Waals surface area contributed by atoms with Crippen LogP contribution in [0.5, 0.6) is 11.5 Å². The smallest absolute Gasteiger partial charge is 0.331 e. The molecule has 0 fully saturated rings. The van der Waals surface area contributed by atoms with E-state index in [1.807, 2.05) is 31.2 Å². The molecule has 8 heteroatoms. The summed E-state index contributed by atoms with van der Waals surface area (Å²) in [6.45, 7) is 6.51. The SMILES string of the molecule is COc1cc([C@H]2OCC(C)(C)n3c(-c4ccc(C)cc4)c4c(=O)n(C)c(=O)n(C)c4c32)ccc1O. The van der Waals surface area contributed by atoms with Crippen LogP contribution in [0.3, 0.4) is 0 Å². The molecule has 2 aromatic carbocycles. The average molecular weight is 476 g/mol. The van der Waals surface area contributed by atoms with Crippen molar-refractivity contribution in [1.29, 1.82) is 0 Å². The van der Waals surface area contributed by atoms with Crippen molar-refractivity contribution in [3.63, 3.8) is 0 Å². The van der Waals surface area contributed by atoms with Gasteiger partial charge in [-0.15, -0.1) is 0 Å². The van der Waals surface area contributed by atoms with Gasteiger partial charge in [-0.3, -0.25) is 13.9 Å². The third-order valence-electron chi connectivity index (χ3n) is 6.90. The van der Waals surface area contributed by atoms with Crippen molar-refractivity contribution in [3.05, 3.63) is 80.1 Å². The maximum absolute atomic E-state index is 13.6. The van der Waals surface area contributed by atoms with Crippen molar-refractivity contribution in [2.75, 3.05) is 13.7 Å². The zero-order valence-electron chi connectivity index (χ0n) is 20.7. The summed E-state index contributed by atoms with van der Waals surface area (Å²) >= 11 is 0. The number of nitrogens with zero attached hydrogens (tertiary/aromatic N) is 3. The molecule has 0 saturated heterocycles. The molecule has 182 valence electrons. The van der Waals surface area contributed by atoms with E-state index < -0.39 is 17.3 Å². The first-order valence-corrected chi connectivity index (χ1v) is 11.5. The Morgan fingerprint density at radius 2 is 1.74 bits per heavy atom. The van der Waals surface area contributed by atoms with Crippen LogP contribution in [-0.2, 0) is 24.4 Å². The van der Waals surface area contributed by atoms with Gasteiger partial charge in [0.2, 0.25) is 0 Å². The summed E-state index contributed by atoms with van der Waals surface area (Å²) in [7, 11) is 4.67. The van der Waals surface area contributed by atoms with E-state index in [9.17, 15) is 14.7 Å². The fraction of sp³-hybridized carbons (Fsp3) is 0.333. The van der Waals surface area contributed by atoms with Crippen molar-refractivity contribution in [3.8, 4) is 22.8 Å². The highest BCUT2D eigenvalue weighted by atomic mass is 16.5. The summed E-state index contributed by atoms with van der Waals surface area (Å²) in [5.41, 5.74) is 3.51. The Bertz CT molecular complexity index is 1590. The molecule has 1 aliphatic heterocycles. The van der Waals surface area contributed by atoms with Gasteiger partial charge in [0.05, 0.1) is 41.5 Å². The third-order valence-corrected chi connectivity index (χ3v) is 6.90. The van der Waals surface area contributed by atoms with Gasteiger partial charge in [0.1, 0.15) is 6.10 Å². The molecule has 1 atom stereocenters. The summed E-state index contributed by atoms with van der Waals surface area (Å²) in [4.78, 5) is 26.7. The lowest BCUT2D eigenvalue weighted by atomic mass is 9.97. The van der Waals surface area contributed by atoms with Crippen LogP contribution in [0.25, 0.3) is 22.2 Å². The molecule has 2 aromatic heterocycles. The summed E-state index contributed by atoms with van der Waals surface area (Å²) in [5.74, 6) is 0.344. The van der Waals surface area contributed by atoms with E-state index in [0.29, 0.717) is 23.3 Å². The number of aromatic nitrogens is 3. The lowest BCUT2D eigenvalue weighted by Gasteiger charge is -2.39. The Morgan fingerprint density at radius 1 is 1.06 bits per heavy atom. The average Bonchev–Trinajstić information content (AvgIpc) is 3.20. The minimum absolute atomic E-state index is 0.0224. The zero-order chi connectivity index (χ0) is 25.2. The Labute approximate surface area is 202 Å². The van der Waals surface area contributed by atoms with Crippen LogP contribution >= 0.6 is 0 Å². The van der Waals surface area contributed by atoms with Crippen LogP contribution in [0.2, 0.25) is 0 Å². The number of rotatable bonds is 3. The molecule has 5 rings (SSSR count). The van der Waals surface area contributed by atoms with Crippen molar-refractivity contribution in [1.82, 2.24) is 13.7 Å². The lowest BCUT2D eigenvalue weighted by molar-refractivity contribution is -0.00716. The topological polar surface area (TPSA) is 87.6 Å². The van der Waals surface area contributed by atoms with E-state index >= 15 is 0 Å². The van der Waals surface area contributed by atoms with Crippen molar-refractivity contribution in [2.45, 2.75) is 32.4 Å². The van der Waals surface area contributed by atoms with E-state index in [4.69, 9.17) is 9.47 Å². The molecule has 1 aliphatic rings. The molecule has 4 aromatic rings. The summed E-state index contributed by atoms with van der Waals surface area (Å²) in [6.07, 6.45) is -0.586. The van der Waals surface area contributed by atoms with Crippen molar-refractivity contribution >= 4 is 10.9 Å². The summed E-state index contributed by atoms with van der Waals surface area (Å²) in [5, 5.41) is 10.6. The number of hydrogen-bond donors (Lipinski definition) is 1. The number of fused-ring (bicyclic) bond motifs is 3. The first-order chi connectivity index (χ1) is 16.6. The highest BCUT2D eigenvalue weighted by molar-refractivity contribution is 5.96. The van der Waals surface area contributed by atoms with Gasteiger partial charge in [0, 0.05) is 14.1 Å². The highest BCUT2D eigenvalue weighted by Gasteiger charge is 2.40. The molecule has 0 unspecified atom stereocenters. The second-order valence-corrected chi connectivity index (χ2v) is 9.80. The molecule has 0 bridgehead atoms. The quantitative estimate of drug-likeness (QED) is 0.489. The Morgan fingerprint density at radius 3 is 2.40 bits per heavy atom. The number of methoxy groups -OCH3 is 1. The Balaban J connectivity index is 1.97. The molecule has 0 radical (unpaired) electrons. The number of aromatic hydroxyl groups is 1. The Hall–Kier alpha value is -3.78. The van der Waals surface area contributed by atoms with E-state index in [2.05, 4.69) is 18.4 Å². The van der Waals surface area contributed by atoms with Crippen LogP contribution in [0.4, 0.5) is 0 Å². The van der Waals surface area contributed by atoms with E-state index in [-0.39, 0.29) is 11.3 Å². The van der Waals surface area contributed by atoms with Gasteiger partial charge in [0.15, 0.2) is 11.5 Å². The monoisotopic (exact) mass is 475 g/mol. The second-order valence-electron chi connectivity index (χ2n) is 9.80. The molecule has 0 aliphatic carbocycles. The maximum Gasteiger partial charge on any atom is 0.331 e. The van der Waals surface area contributed by atoms with Crippen LogP contribution in [-0.4, -0.2) is 32.5 Å². The first-order valence-electron chi connectivity index (χ1n) is 11.5. The molecule has 1 N–H and O–H groups in total. The fourth-order valence-electron chi connectivity index (χ4n) is 5.09. The van der Waals surface area contributed by atoms with E-state index in [1.54, 1.807) is 25.2 Å². The summed E-state index contributed by atoms with van der Waals surface area (Å²) < 4.78 is 16.6. The third kappa shape index (κ3) is 3.31. The lowest BCUT2D eigenvalue weighted by Crippen LogP contribution is -2.40. The van der Waals surface area contributed by atoms with Crippen LogP contribution in [0.1, 0.15) is 36.8 Å². The maximum atomic E-state index is 13.6. The van der Waals surface area contributed by atoms with Gasteiger partial charge >= 0.3 is 5.69 Å². The predicted octanol–water partition coefficient (Wildman–Crippen LogP) is 3.58. The molecule has 0 saturated carbocycles. The van der Waals surface area contributed by atoms with Crippen LogP contribution in [0, 0.1) is 6.92 Å². The molecule has 35 heavy (non-hydrogen) atoms. The number of aryl methyl sites for hydroxylation is 2. The fourth-order valence-corrected chi connectivity index (χ4v) is 5.09. The number of phenolic OH excluding ortho intramolecular Hbond substituents is 1. The standard InChI is InChI=1S/C27H29N3O5/c1-15-7-9-16(10-8-15)21-20-22(28(4)26(33)29(5)25(20)32)23-24(35-14-27(2,3)30(21)23)17-11-12-18(31)19(13-17)34-6/h7-13,24,31H,14H2,1-6H3/t24-/m1/s1. The highest BCUT2D eigenvalue weighted by Crippen LogP contribution is 2.46. The number of benzene rings is 2. The largest absolute Gasteiger partial charge is 0.504 e. The molecule has 3 heterocycles. The Kier molecular flexibility index (Phi) is 5.18. The molecule has 0 amide bonds. The van der Waals surface area contributed by atoms with Crippen LogP contribution < -0.4 is 16.0 Å². The number of hydrogen-bond acceptors (Lipinski definition) is 5. The van der Waals surface area contributed by atoms with Crippen molar-refractivity contribution < 1.29 is 14.6 Å². The zero-order valence-corrected chi connectivity index (χ0v) is 20.7. The van der Waals surface area contributed by atoms with Gasteiger partial charge in [-0.1, -0.05) is 35.9 Å². The van der Waals surface area contributed by atoms with Gasteiger partial charge < -0.3 is 19.1 Å².